The molecule has 0 aromatic carbocycles. The number of rotatable bonds is 7. The van der Waals surface area contributed by atoms with E-state index in [9.17, 15) is 0 Å². The van der Waals surface area contributed by atoms with Gasteiger partial charge in [0.05, 0.1) is 18.3 Å². The molecule has 0 amide bonds. The quantitative estimate of drug-likeness (QED) is 0.833. The Balaban J connectivity index is 2.01. The molecule has 1 fully saturated rings. The summed E-state index contributed by atoms with van der Waals surface area (Å²) in [5.41, 5.74) is 7.89. The van der Waals surface area contributed by atoms with Crippen LogP contribution in [0.1, 0.15) is 56.7 Å². The maximum Gasteiger partial charge on any atom is 0.0851 e. The van der Waals surface area contributed by atoms with Gasteiger partial charge in [-0.1, -0.05) is 19.3 Å². The Labute approximate surface area is 122 Å². The zero-order valence-corrected chi connectivity index (χ0v) is 12.6. The van der Waals surface area contributed by atoms with Crippen molar-refractivity contribution >= 4 is 6.08 Å². The van der Waals surface area contributed by atoms with Crippen LogP contribution in [-0.4, -0.2) is 30.0 Å². The molecule has 0 radical (unpaired) electrons. The van der Waals surface area contributed by atoms with Crippen LogP contribution in [0.3, 0.4) is 0 Å². The van der Waals surface area contributed by atoms with Crippen molar-refractivity contribution in [1.82, 2.24) is 9.78 Å². The summed E-state index contributed by atoms with van der Waals surface area (Å²) in [6.07, 6.45) is 12.8. The lowest BCUT2D eigenvalue weighted by molar-refractivity contribution is 0.223. The Morgan fingerprint density at radius 1 is 1.45 bits per heavy atom. The molecule has 4 heteroatoms. The maximum atomic E-state index is 5.58. The summed E-state index contributed by atoms with van der Waals surface area (Å²) >= 11 is 0. The second-order valence-electron chi connectivity index (χ2n) is 5.64. The predicted octanol–water partition coefficient (Wildman–Crippen LogP) is 3.16. The van der Waals surface area contributed by atoms with Crippen molar-refractivity contribution in [2.75, 3.05) is 20.3 Å². The van der Waals surface area contributed by atoms with Gasteiger partial charge in [-0.15, -0.1) is 0 Å². The van der Waals surface area contributed by atoms with Crippen LogP contribution < -0.4 is 5.73 Å². The SMILES string of the molecule is COC/C(=C/c1ccn(C2CCCCC2)n1)CCCN. The van der Waals surface area contributed by atoms with Crippen molar-refractivity contribution in [2.45, 2.75) is 51.0 Å². The third kappa shape index (κ3) is 4.46. The molecule has 1 aromatic rings. The largest absolute Gasteiger partial charge is 0.380 e. The van der Waals surface area contributed by atoms with Gasteiger partial charge in [0.2, 0.25) is 0 Å². The summed E-state index contributed by atoms with van der Waals surface area (Å²) in [6.45, 7) is 1.38. The van der Waals surface area contributed by atoms with Crippen LogP contribution in [0.4, 0.5) is 0 Å². The van der Waals surface area contributed by atoms with Crippen LogP contribution in [0, 0.1) is 0 Å². The molecule has 20 heavy (non-hydrogen) atoms. The van der Waals surface area contributed by atoms with Crippen LogP contribution in [0.15, 0.2) is 17.8 Å². The molecule has 1 heterocycles. The highest BCUT2D eigenvalue weighted by Gasteiger charge is 2.15. The zero-order chi connectivity index (χ0) is 14.2. The summed E-state index contributed by atoms with van der Waals surface area (Å²) in [6, 6.07) is 2.70. The van der Waals surface area contributed by atoms with Crippen molar-refractivity contribution in [2.24, 2.45) is 5.73 Å². The summed E-state index contributed by atoms with van der Waals surface area (Å²) in [4.78, 5) is 0. The van der Waals surface area contributed by atoms with Crippen molar-refractivity contribution in [1.29, 1.82) is 0 Å². The second-order valence-corrected chi connectivity index (χ2v) is 5.64. The third-order valence-corrected chi connectivity index (χ3v) is 3.96. The van der Waals surface area contributed by atoms with Crippen molar-refractivity contribution in [3.05, 3.63) is 23.5 Å². The normalized spacial score (nSPS) is 17.6. The monoisotopic (exact) mass is 277 g/mol. The highest BCUT2D eigenvalue weighted by Crippen LogP contribution is 2.27. The first kappa shape index (κ1) is 15.3. The maximum absolute atomic E-state index is 5.58. The Hall–Kier alpha value is -1.13. The zero-order valence-electron chi connectivity index (χ0n) is 12.6. The molecule has 1 aliphatic carbocycles. The van der Waals surface area contributed by atoms with E-state index < -0.39 is 0 Å². The summed E-state index contributed by atoms with van der Waals surface area (Å²) in [5.74, 6) is 0. The first-order valence-corrected chi connectivity index (χ1v) is 7.77. The third-order valence-electron chi connectivity index (χ3n) is 3.96. The minimum atomic E-state index is 0.598. The number of methoxy groups -OCH3 is 1. The van der Waals surface area contributed by atoms with E-state index in [1.165, 1.54) is 37.7 Å². The topological polar surface area (TPSA) is 53.1 Å². The van der Waals surface area contributed by atoms with Crippen molar-refractivity contribution in [3.8, 4) is 0 Å². The van der Waals surface area contributed by atoms with Crippen LogP contribution >= 0.6 is 0 Å². The molecule has 0 saturated heterocycles. The number of nitrogens with zero attached hydrogens (tertiary/aromatic N) is 2. The van der Waals surface area contributed by atoms with Gasteiger partial charge in [0.25, 0.3) is 0 Å². The molecule has 1 saturated carbocycles. The lowest BCUT2D eigenvalue weighted by Gasteiger charge is -2.21. The van der Waals surface area contributed by atoms with Gasteiger partial charge in [0.1, 0.15) is 0 Å². The Morgan fingerprint density at radius 2 is 2.25 bits per heavy atom. The number of hydrogen-bond acceptors (Lipinski definition) is 3. The fourth-order valence-corrected chi connectivity index (χ4v) is 2.89. The molecule has 0 atom stereocenters. The molecule has 2 rings (SSSR count). The second kappa shape index (κ2) is 8.22. The van der Waals surface area contributed by atoms with E-state index in [0.717, 1.165) is 25.1 Å². The van der Waals surface area contributed by atoms with Gasteiger partial charge in [0, 0.05) is 13.3 Å². The molecule has 4 nitrogen and oxygen atoms in total. The van der Waals surface area contributed by atoms with Gasteiger partial charge in [-0.2, -0.15) is 5.10 Å². The molecular weight excluding hydrogens is 250 g/mol. The van der Waals surface area contributed by atoms with E-state index >= 15 is 0 Å². The van der Waals surface area contributed by atoms with Crippen LogP contribution in [0.5, 0.6) is 0 Å². The van der Waals surface area contributed by atoms with E-state index in [0.29, 0.717) is 12.6 Å². The molecule has 112 valence electrons. The average molecular weight is 277 g/mol. The van der Waals surface area contributed by atoms with E-state index in [-0.39, 0.29) is 0 Å². The fourth-order valence-electron chi connectivity index (χ4n) is 2.89. The molecular formula is C16H27N3O. The fraction of sp³-hybridized carbons (Fsp3) is 0.688. The van der Waals surface area contributed by atoms with Gasteiger partial charge < -0.3 is 10.5 Å². The van der Waals surface area contributed by atoms with Gasteiger partial charge in [-0.3, -0.25) is 4.68 Å². The number of aromatic nitrogens is 2. The molecule has 1 aromatic heterocycles. The van der Waals surface area contributed by atoms with Gasteiger partial charge in [0.15, 0.2) is 0 Å². The lowest BCUT2D eigenvalue weighted by Crippen LogP contribution is -2.13. The molecule has 0 aliphatic heterocycles. The Morgan fingerprint density at radius 3 is 2.95 bits per heavy atom. The van der Waals surface area contributed by atoms with Crippen LogP contribution in [-0.2, 0) is 4.74 Å². The summed E-state index contributed by atoms with van der Waals surface area (Å²) in [5, 5.41) is 4.72. The molecule has 2 N–H and O–H groups in total. The lowest BCUT2D eigenvalue weighted by atomic mass is 9.96. The summed E-state index contributed by atoms with van der Waals surface area (Å²) < 4.78 is 7.40. The van der Waals surface area contributed by atoms with Crippen LogP contribution in [0.25, 0.3) is 6.08 Å². The van der Waals surface area contributed by atoms with E-state index in [1.54, 1.807) is 7.11 Å². The van der Waals surface area contributed by atoms with E-state index in [1.807, 2.05) is 0 Å². The highest BCUT2D eigenvalue weighted by molar-refractivity contribution is 5.48. The standard InChI is InChI=1S/C16H27N3O/c1-20-13-14(6-5-10-17)12-15-9-11-19(18-15)16-7-3-2-4-8-16/h9,11-12,16H,2-8,10,13,17H2,1H3/b14-12+. The van der Waals surface area contributed by atoms with Crippen molar-refractivity contribution < 1.29 is 4.74 Å². The minimum absolute atomic E-state index is 0.598. The molecule has 0 unspecified atom stereocenters. The average Bonchev–Trinajstić information content (AvgIpc) is 2.94. The van der Waals surface area contributed by atoms with E-state index in [2.05, 4.69) is 23.0 Å². The number of ether oxygens (including phenoxy) is 1. The van der Waals surface area contributed by atoms with Gasteiger partial charge >= 0.3 is 0 Å². The number of hydrogen-bond donors (Lipinski definition) is 1. The van der Waals surface area contributed by atoms with Crippen LogP contribution in [0.2, 0.25) is 0 Å². The van der Waals surface area contributed by atoms with Gasteiger partial charge in [-0.05, 0) is 49.9 Å². The molecule has 0 spiro atoms. The van der Waals surface area contributed by atoms with Gasteiger partial charge in [-0.25, -0.2) is 0 Å². The smallest absolute Gasteiger partial charge is 0.0851 e. The van der Waals surface area contributed by atoms with Crippen molar-refractivity contribution in [3.63, 3.8) is 0 Å². The summed E-state index contributed by atoms with van der Waals surface area (Å²) in [7, 11) is 1.73. The first-order chi connectivity index (χ1) is 9.83. The minimum Gasteiger partial charge on any atom is -0.380 e. The molecule has 1 aliphatic rings. The van der Waals surface area contributed by atoms with E-state index in [4.69, 9.17) is 15.6 Å². The molecule has 0 bridgehead atoms. The number of nitrogens with two attached hydrogens (primary N) is 1. The highest BCUT2D eigenvalue weighted by atomic mass is 16.5. The predicted molar refractivity (Wildman–Crippen MR) is 82.5 cm³/mol. The first-order valence-electron chi connectivity index (χ1n) is 7.77. The Kier molecular flexibility index (Phi) is 6.27. The Bertz CT molecular complexity index is 419.